The van der Waals surface area contributed by atoms with Crippen molar-refractivity contribution >= 4 is 34.8 Å². The fraction of sp³-hybridized carbons (Fsp3) is 0.308. The number of aromatic nitrogens is 2. The van der Waals surface area contributed by atoms with Gasteiger partial charge in [0.25, 0.3) is 0 Å². The van der Waals surface area contributed by atoms with Gasteiger partial charge >= 0.3 is 0 Å². The first kappa shape index (κ1) is 13.7. The van der Waals surface area contributed by atoms with Crippen LogP contribution in [0.15, 0.2) is 24.4 Å². The molecule has 0 amide bonds. The van der Waals surface area contributed by atoms with Gasteiger partial charge < -0.3 is 4.98 Å². The molecule has 0 aliphatic carbocycles. The summed E-state index contributed by atoms with van der Waals surface area (Å²) in [7, 11) is 0. The summed E-state index contributed by atoms with van der Waals surface area (Å²) < 4.78 is 16.6. The summed E-state index contributed by atoms with van der Waals surface area (Å²) >= 11 is 7.45. The fourth-order valence-corrected chi connectivity index (χ4v) is 2.80. The van der Waals surface area contributed by atoms with E-state index in [1.54, 1.807) is 6.07 Å². The zero-order valence-corrected chi connectivity index (χ0v) is 13.4. The molecule has 1 aromatic carbocycles. The van der Waals surface area contributed by atoms with Gasteiger partial charge in [-0.1, -0.05) is 20.8 Å². The number of benzene rings is 1. The number of rotatable bonds is 1. The molecule has 0 radical (unpaired) electrons. The van der Waals surface area contributed by atoms with Crippen LogP contribution >= 0.6 is 34.8 Å². The lowest BCUT2D eigenvalue weighted by molar-refractivity contribution is 0.555. The van der Waals surface area contributed by atoms with E-state index in [2.05, 4.69) is 48.3 Å². The van der Waals surface area contributed by atoms with Crippen molar-refractivity contribution in [3.63, 3.8) is 0 Å². The first-order chi connectivity index (χ1) is 8.30. The summed E-state index contributed by atoms with van der Waals surface area (Å²) in [6.45, 7) is 6.37. The molecule has 0 bridgehead atoms. The molecule has 0 spiro atoms. The lowest BCUT2D eigenvalue weighted by Gasteiger charge is -2.21. The molecule has 2 nitrogen and oxygen atoms in total. The molecule has 1 heterocycles. The number of H-pyrrole nitrogens is 1. The third kappa shape index (κ3) is 2.51. The van der Waals surface area contributed by atoms with Crippen LogP contribution in [0.25, 0.3) is 5.69 Å². The lowest BCUT2D eigenvalue weighted by atomic mass is 9.92. The van der Waals surface area contributed by atoms with Gasteiger partial charge in [0.05, 0.1) is 5.69 Å². The molecule has 1 aromatic heterocycles. The van der Waals surface area contributed by atoms with Crippen LogP contribution in [-0.2, 0) is 5.41 Å². The van der Waals surface area contributed by atoms with Crippen molar-refractivity contribution in [2.45, 2.75) is 26.2 Å². The number of hydrogen-bond donors (Lipinski definition) is 1. The second kappa shape index (κ2) is 4.77. The highest BCUT2D eigenvalue weighted by molar-refractivity contribution is 14.1. The normalized spacial score (nSPS) is 11.8. The van der Waals surface area contributed by atoms with E-state index in [1.807, 2.05) is 10.8 Å². The van der Waals surface area contributed by atoms with E-state index < -0.39 is 0 Å². The van der Waals surface area contributed by atoms with Gasteiger partial charge in [0.2, 0.25) is 0 Å². The van der Waals surface area contributed by atoms with Gasteiger partial charge in [0.1, 0.15) is 5.82 Å². The van der Waals surface area contributed by atoms with Crippen LogP contribution in [-0.4, -0.2) is 9.55 Å². The van der Waals surface area contributed by atoms with Gasteiger partial charge in [-0.05, 0) is 53.0 Å². The Morgan fingerprint density at radius 1 is 1.33 bits per heavy atom. The highest BCUT2D eigenvalue weighted by atomic mass is 127. The van der Waals surface area contributed by atoms with Crippen LogP contribution in [0, 0.1) is 14.2 Å². The van der Waals surface area contributed by atoms with Gasteiger partial charge in [0, 0.05) is 20.9 Å². The molecular formula is C13H14FIN2S. The smallest absolute Gasteiger partial charge is 0.182 e. The molecular weight excluding hydrogens is 362 g/mol. The molecule has 96 valence electrons. The number of halogens is 2. The highest BCUT2D eigenvalue weighted by Gasteiger charge is 2.21. The van der Waals surface area contributed by atoms with E-state index >= 15 is 0 Å². The Morgan fingerprint density at radius 2 is 2.00 bits per heavy atom. The maximum absolute atomic E-state index is 13.2. The lowest BCUT2D eigenvalue weighted by Crippen LogP contribution is -2.17. The molecule has 0 fully saturated rings. The summed E-state index contributed by atoms with van der Waals surface area (Å²) in [6.07, 6.45) is 1.92. The molecule has 0 saturated carbocycles. The van der Waals surface area contributed by atoms with Crippen molar-refractivity contribution in [1.82, 2.24) is 9.55 Å². The molecule has 18 heavy (non-hydrogen) atoms. The Kier molecular flexibility index (Phi) is 3.64. The molecule has 0 saturated heterocycles. The monoisotopic (exact) mass is 376 g/mol. The van der Waals surface area contributed by atoms with E-state index in [0.717, 1.165) is 15.0 Å². The predicted molar refractivity (Wildman–Crippen MR) is 82.3 cm³/mol. The van der Waals surface area contributed by atoms with Crippen LogP contribution in [0.2, 0.25) is 0 Å². The molecule has 2 rings (SSSR count). The SMILES string of the molecule is CC(C)(C)c1c[nH]c(=S)n1-c1ccc(F)cc1I. The average Bonchev–Trinajstić information content (AvgIpc) is 2.60. The van der Waals surface area contributed by atoms with E-state index in [9.17, 15) is 4.39 Å². The number of aromatic amines is 1. The summed E-state index contributed by atoms with van der Waals surface area (Å²) in [5.41, 5.74) is 1.95. The van der Waals surface area contributed by atoms with E-state index in [4.69, 9.17) is 12.2 Å². The van der Waals surface area contributed by atoms with Gasteiger partial charge in [-0.2, -0.15) is 0 Å². The molecule has 1 N–H and O–H groups in total. The van der Waals surface area contributed by atoms with Crippen molar-refractivity contribution in [3.05, 3.63) is 44.2 Å². The Labute approximate surface area is 124 Å². The van der Waals surface area contributed by atoms with E-state index in [1.165, 1.54) is 12.1 Å². The Bertz CT molecular complexity index is 637. The maximum Gasteiger partial charge on any atom is 0.182 e. The minimum atomic E-state index is -0.234. The largest absolute Gasteiger partial charge is 0.337 e. The molecule has 2 aromatic rings. The van der Waals surface area contributed by atoms with Crippen LogP contribution in [0.3, 0.4) is 0 Å². The Hall–Kier alpha value is -0.690. The van der Waals surface area contributed by atoms with Crippen LogP contribution in [0.1, 0.15) is 26.5 Å². The summed E-state index contributed by atoms with van der Waals surface area (Å²) in [4.78, 5) is 3.06. The molecule has 0 unspecified atom stereocenters. The molecule has 0 atom stereocenters. The number of nitrogens with zero attached hydrogens (tertiary/aromatic N) is 1. The highest BCUT2D eigenvalue weighted by Crippen LogP contribution is 2.27. The third-order valence-electron chi connectivity index (χ3n) is 2.70. The zero-order chi connectivity index (χ0) is 13.5. The van der Waals surface area contributed by atoms with Gasteiger partial charge in [-0.25, -0.2) is 4.39 Å². The van der Waals surface area contributed by atoms with Crippen molar-refractivity contribution in [2.24, 2.45) is 0 Å². The second-order valence-corrected chi connectivity index (χ2v) is 6.71. The first-order valence-corrected chi connectivity index (χ1v) is 7.06. The van der Waals surface area contributed by atoms with Gasteiger partial charge in [-0.3, -0.25) is 4.57 Å². The van der Waals surface area contributed by atoms with Crippen LogP contribution in [0.4, 0.5) is 4.39 Å². The number of hydrogen-bond acceptors (Lipinski definition) is 1. The molecule has 0 aliphatic heterocycles. The quantitative estimate of drug-likeness (QED) is 0.571. The van der Waals surface area contributed by atoms with Crippen molar-refractivity contribution in [1.29, 1.82) is 0 Å². The first-order valence-electron chi connectivity index (χ1n) is 5.57. The van der Waals surface area contributed by atoms with E-state index in [-0.39, 0.29) is 11.2 Å². The van der Waals surface area contributed by atoms with E-state index in [0.29, 0.717) is 4.77 Å². The minimum Gasteiger partial charge on any atom is -0.337 e. The number of imidazole rings is 1. The standard InChI is InChI=1S/C13H14FIN2S/c1-13(2,3)11-7-16-12(18)17(11)10-5-4-8(14)6-9(10)15/h4-7H,1-3H3,(H,16,18). The Morgan fingerprint density at radius 3 is 2.56 bits per heavy atom. The predicted octanol–water partition coefficient (Wildman–Crippen LogP) is 4.58. The van der Waals surface area contributed by atoms with Crippen molar-refractivity contribution in [2.75, 3.05) is 0 Å². The van der Waals surface area contributed by atoms with Crippen LogP contribution < -0.4 is 0 Å². The topological polar surface area (TPSA) is 20.7 Å². The van der Waals surface area contributed by atoms with Gasteiger partial charge in [0.15, 0.2) is 4.77 Å². The third-order valence-corrected chi connectivity index (χ3v) is 3.86. The summed E-state index contributed by atoms with van der Waals surface area (Å²) in [6, 6.07) is 4.73. The summed E-state index contributed by atoms with van der Waals surface area (Å²) in [5, 5.41) is 0. The van der Waals surface area contributed by atoms with Crippen molar-refractivity contribution < 1.29 is 4.39 Å². The molecule has 0 aliphatic rings. The fourth-order valence-electron chi connectivity index (χ4n) is 1.82. The van der Waals surface area contributed by atoms with Gasteiger partial charge in [-0.15, -0.1) is 0 Å². The van der Waals surface area contributed by atoms with Crippen LogP contribution in [0.5, 0.6) is 0 Å². The summed E-state index contributed by atoms with van der Waals surface area (Å²) in [5.74, 6) is -0.234. The molecule has 5 heteroatoms. The zero-order valence-electron chi connectivity index (χ0n) is 10.4. The minimum absolute atomic E-state index is 0.0367. The number of nitrogens with one attached hydrogen (secondary N) is 1. The Balaban J connectivity index is 2.71. The second-order valence-electron chi connectivity index (χ2n) is 5.16. The average molecular weight is 376 g/mol. The maximum atomic E-state index is 13.2. The van der Waals surface area contributed by atoms with Crippen molar-refractivity contribution in [3.8, 4) is 5.69 Å².